The molecule has 7 nitrogen and oxygen atoms in total. The molecule has 0 aromatic heterocycles. The Hall–Kier alpha value is -2.85. The summed E-state index contributed by atoms with van der Waals surface area (Å²) in [5.41, 5.74) is 0.474. The number of benzene rings is 2. The van der Waals surface area contributed by atoms with E-state index in [-0.39, 0.29) is 29.2 Å². The van der Waals surface area contributed by atoms with Crippen LogP contribution in [0.5, 0.6) is 0 Å². The molecule has 2 aromatic carbocycles. The zero-order valence-corrected chi connectivity index (χ0v) is 17.6. The molecule has 0 atom stereocenters. The highest BCUT2D eigenvalue weighted by molar-refractivity contribution is 7.89. The Kier molecular flexibility index (Phi) is 7.63. The summed E-state index contributed by atoms with van der Waals surface area (Å²) < 4.78 is 57.6. The molecule has 2 rings (SSSR count). The lowest BCUT2D eigenvalue weighted by Gasteiger charge is -2.19. The molecule has 30 heavy (non-hydrogen) atoms. The van der Waals surface area contributed by atoms with Crippen LogP contribution in [0.4, 0.5) is 14.5 Å². The zero-order chi connectivity index (χ0) is 22.5. The second kappa shape index (κ2) is 9.77. The molecule has 162 valence electrons. The number of nitrogens with zero attached hydrogens (tertiary/aromatic N) is 1. The van der Waals surface area contributed by atoms with E-state index in [9.17, 15) is 26.8 Å². The van der Waals surface area contributed by atoms with Gasteiger partial charge in [0.25, 0.3) is 5.91 Å². The van der Waals surface area contributed by atoms with Gasteiger partial charge >= 0.3 is 5.97 Å². The largest absolute Gasteiger partial charge is 0.452 e. The van der Waals surface area contributed by atoms with E-state index in [0.29, 0.717) is 5.56 Å². The zero-order valence-electron chi connectivity index (χ0n) is 16.7. The lowest BCUT2D eigenvalue weighted by atomic mass is 10.1. The first-order valence-corrected chi connectivity index (χ1v) is 10.6. The number of ether oxygens (including phenoxy) is 1. The highest BCUT2D eigenvalue weighted by Crippen LogP contribution is 2.20. The first-order chi connectivity index (χ1) is 14.1. The molecule has 0 unspecified atom stereocenters. The van der Waals surface area contributed by atoms with Crippen LogP contribution in [0.15, 0.2) is 41.3 Å². The number of carbonyl (C=O) groups is 2. The number of sulfonamides is 1. The minimum absolute atomic E-state index is 0.00144. The van der Waals surface area contributed by atoms with E-state index in [1.54, 1.807) is 20.8 Å². The van der Waals surface area contributed by atoms with Crippen molar-refractivity contribution in [3.05, 3.63) is 59.2 Å². The number of rotatable bonds is 8. The number of esters is 1. The third-order valence-electron chi connectivity index (χ3n) is 4.31. The van der Waals surface area contributed by atoms with Crippen molar-refractivity contribution in [1.82, 2.24) is 4.31 Å². The van der Waals surface area contributed by atoms with E-state index in [1.807, 2.05) is 0 Å². The van der Waals surface area contributed by atoms with Crippen molar-refractivity contribution in [3.63, 3.8) is 0 Å². The molecule has 0 aliphatic rings. The fourth-order valence-electron chi connectivity index (χ4n) is 2.67. The van der Waals surface area contributed by atoms with E-state index >= 15 is 0 Å². The van der Waals surface area contributed by atoms with Crippen LogP contribution in [-0.4, -0.2) is 44.3 Å². The average Bonchev–Trinajstić information content (AvgIpc) is 2.70. The lowest BCUT2D eigenvalue weighted by molar-refractivity contribution is -0.119. The summed E-state index contributed by atoms with van der Waals surface area (Å²) >= 11 is 0. The molecule has 0 aliphatic carbocycles. The van der Waals surface area contributed by atoms with Gasteiger partial charge in [-0.15, -0.1) is 0 Å². The number of hydrogen-bond acceptors (Lipinski definition) is 5. The number of amides is 1. The van der Waals surface area contributed by atoms with Gasteiger partial charge in [-0.1, -0.05) is 19.9 Å². The normalized spacial score (nSPS) is 11.4. The van der Waals surface area contributed by atoms with Crippen LogP contribution in [0.3, 0.4) is 0 Å². The Morgan fingerprint density at radius 1 is 1.03 bits per heavy atom. The van der Waals surface area contributed by atoms with Crippen molar-refractivity contribution in [3.8, 4) is 0 Å². The first kappa shape index (κ1) is 23.4. The number of anilines is 1. The number of carbonyl (C=O) groups excluding carboxylic acids is 2. The van der Waals surface area contributed by atoms with Crippen LogP contribution in [-0.2, 0) is 19.6 Å². The molecule has 0 saturated heterocycles. The third kappa shape index (κ3) is 5.39. The molecule has 0 heterocycles. The van der Waals surface area contributed by atoms with Gasteiger partial charge in [-0.05, 0) is 36.8 Å². The molecule has 0 radical (unpaired) electrons. The molecule has 0 spiro atoms. The maximum absolute atomic E-state index is 13.2. The monoisotopic (exact) mass is 440 g/mol. The predicted octanol–water partition coefficient (Wildman–Crippen LogP) is 3.10. The molecule has 0 bridgehead atoms. The van der Waals surface area contributed by atoms with Crippen molar-refractivity contribution in [1.29, 1.82) is 0 Å². The molecule has 0 fully saturated rings. The SMILES string of the molecule is CCN(CC)S(=O)(=O)c1ccc(C)c(C(=O)OCC(=O)Nc2ccc(F)c(F)c2)c1. The van der Waals surface area contributed by atoms with Gasteiger partial charge in [-0.2, -0.15) is 4.31 Å². The summed E-state index contributed by atoms with van der Waals surface area (Å²) in [6.45, 7) is 4.87. The summed E-state index contributed by atoms with van der Waals surface area (Å²) in [5, 5.41) is 2.27. The summed E-state index contributed by atoms with van der Waals surface area (Å²) in [6.07, 6.45) is 0. The van der Waals surface area contributed by atoms with Crippen molar-refractivity contribution in [2.24, 2.45) is 0 Å². The number of hydrogen-bond donors (Lipinski definition) is 1. The minimum Gasteiger partial charge on any atom is -0.452 e. The van der Waals surface area contributed by atoms with Gasteiger partial charge in [0.05, 0.1) is 10.5 Å². The first-order valence-electron chi connectivity index (χ1n) is 9.13. The second-order valence-electron chi connectivity index (χ2n) is 6.32. The highest BCUT2D eigenvalue weighted by atomic mass is 32.2. The maximum atomic E-state index is 13.2. The van der Waals surface area contributed by atoms with Crippen molar-refractivity contribution < 1.29 is 31.5 Å². The van der Waals surface area contributed by atoms with E-state index in [0.717, 1.165) is 18.2 Å². The molecule has 0 saturated carbocycles. The summed E-state index contributed by atoms with van der Waals surface area (Å²) in [4.78, 5) is 24.2. The van der Waals surface area contributed by atoms with Crippen molar-refractivity contribution >= 4 is 27.6 Å². The summed E-state index contributed by atoms with van der Waals surface area (Å²) in [7, 11) is -3.77. The quantitative estimate of drug-likeness (QED) is 0.637. The Morgan fingerprint density at radius 3 is 2.30 bits per heavy atom. The van der Waals surface area contributed by atoms with Crippen LogP contribution < -0.4 is 5.32 Å². The summed E-state index contributed by atoms with van der Waals surface area (Å²) in [5.74, 6) is -3.84. The molecule has 0 aliphatic heterocycles. The second-order valence-corrected chi connectivity index (χ2v) is 8.26. The standard InChI is InChI=1S/C20H22F2N2O5S/c1-4-24(5-2)30(27,28)15-8-6-13(3)16(11-15)20(26)29-12-19(25)23-14-7-9-17(21)18(22)10-14/h6-11H,4-5,12H2,1-3H3,(H,23,25). The van der Waals surface area contributed by atoms with E-state index in [1.165, 1.54) is 22.5 Å². The Morgan fingerprint density at radius 2 is 1.70 bits per heavy atom. The molecular formula is C20H22F2N2O5S. The highest BCUT2D eigenvalue weighted by Gasteiger charge is 2.24. The van der Waals surface area contributed by atoms with Crippen molar-refractivity contribution in [2.45, 2.75) is 25.7 Å². The van der Waals surface area contributed by atoms with Crippen LogP contribution in [0.2, 0.25) is 0 Å². The van der Waals surface area contributed by atoms with Gasteiger partial charge in [-0.3, -0.25) is 4.79 Å². The average molecular weight is 440 g/mol. The Bertz CT molecular complexity index is 1050. The van der Waals surface area contributed by atoms with Gasteiger partial charge in [0.15, 0.2) is 18.2 Å². The van der Waals surface area contributed by atoms with Gasteiger partial charge in [0.2, 0.25) is 10.0 Å². The molecule has 1 amide bonds. The molecule has 1 N–H and O–H groups in total. The molecule has 2 aromatic rings. The third-order valence-corrected chi connectivity index (χ3v) is 6.36. The van der Waals surface area contributed by atoms with Gasteiger partial charge in [-0.25, -0.2) is 22.0 Å². The van der Waals surface area contributed by atoms with Crippen LogP contribution in [0, 0.1) is 18.6 Å². The smallest absolute Gasteiger partial charge is 0.338 e. The lowest BCUT2D eigenvalue weighted by Crippen LogP contribution is -2.30. The summed E-state index contributed by atoms with van der Waals surface area (Å²) in [6, 6.07) is 6.88. The fraction of sp³-hybridized carbons (Fsp3) is 0.300. The van der Waals surface area contributed by atoms with Crippen molar-refractivity contribution in [2.75, 3.05) is 25.0 Å². The molecular weight excluding hydrogens is 418 g/mol. The minimum atomic E-state index is -3.77. The Labute approximate surface area is 173 Å². The van der Waals surface area contributed by atoms with Gasteiger partial charge in [0, 0.05) is 24.8 Å². The van der Waals surface area contributed by atoms with Gasteiger partial charge < -0.3 is 10.1 Å². The van der Waals surface area contributed by atoms with Gasteiger partial charge in [0.1, 0.15) is 0 Å². The van der Waals surface area contributed by atoms with Crippen LogP contribution in [0.25, 0.3) is 0 Å². The number of nitrogens with one attached hydrogen (secondary N) is 1. The van der Waals surface area contributed by atoms with Crippen LogP contribution in [0.1, 0.15) is 29.8 Å². The topological polar surface area (TPSA) is 92.8 Å². The van der Waals surface area contributed by atoms with E-state index in [4.69, 9.17) is 4.74 Å². The van der Waals surface area contributed by atoms with E-state index in [2.05, 4.69) is 5.32 Å². The number of aryl methyl sites for hydroxylation is 1. The number of halogens is 2. The molecule has 10 heteroatoms. The predicted molar refractivity (Wildman–Crippen MR) is 107 cm³/mol. The van der Waals surface area contributed by atoms with Crippen LogP contribution >= 0.6 is 0 Å². The Balaban J connectivity index is 2.11. The van der Waals surface area contributed by atoms with E-state index < -0.39 is 40.1 Å². The maximum Gasteiger partial charge on any atom is 0.338 e. The fourth-order valence-corrected chi connectivity index (χ4v) is 4.16.